The number of hydrogen-bond donors (Lipinski definition) is 1. The molecule has 0 saturated heterocycles. The molecule has 1 heterocycles. The summed E-state index contributed by atoms with van der Waals surface area (Å²) in [5.41, 5.74) is 1.93. The molecule has 0 atom stereocenters. The van der Waals surface area contributed by atoms with Gasteiger partial charge in [0.05, 0.1) is 5.69 Å². The minimum absolute atomic E-state index is 0. The number of aromatic nitrogens is 2. The fourth-order valence-corrected chi connectivity index (χ4v) is 1.54. The number of rotatable bonds is 4. The largest absolute Gasteiger partial charge is 0.307 e. The summed E-state index contributed by atoms with van der Waals surface area (Å²) in [5.74, 6) is -0.197. The fourth-order valence-electron chi connectivity index (χ4n) is 1.54. The molecule has 0 radical (unpaired) electrons. The standard InChI is InChI=1S/C12H14FN3.ClH/c1-16-6-5-12(15-16)9-14-8-10-3-2-4-11(13)7-10;/h2-7,14H,8-9H2,1H3;1H. The van der Waals surface area contributed by atoms with Crippen LogP contribution in [-0.4, -0.2) is 9.78 Å². The Hall–Kier alpha value is -1.39. The monoisotopic (exact) mass is 255 g/mol. The second-order valence-electron chi connectivity index (χ2n) is 3.71. The molecule has 0 aliphatic carbocycles. The molecule has 0 spiro atoms. The summed E-state index contributed by atoms with van der Waals surface area (Å²) in [4.78, 5) is 0. The van der Waals surface area contributed by atoms with E-state index in [0.717, 1.165) is 11.3 Å². The molecule has 0 fully saturated rings. The van der Waals surface area contributed by atoms with Gasteiger partial charge in [0, 0.05) is 26.3 Å². The minimum atomic E-state index is -0.197. The molecule has 1 aromatic heterocycles. The summed E-state index contributed by atoms with van der Waals surface area (Å²) in [6.45, 7) is 1.34. The second kappa shape index (κ2) is 6.37. The van der Waals surface area contributed by atoms with Crippen LogP contribution in [0, 0.1) is 5.82 Å². The summed E-state index contributed by atoms with van der Waals surface area (Å²) in [6.07, 6.45) is 1.90. The quantitative estimate of drug-likeness (QED) is 0.908. The van der Waals surface area contributed by atoms with Crippen molar-refractivity contribution in [2.75, 3.05) is 0 Å². The molecule has 1 N–H and O–H groups in total. The maximum atomic E-state index is 12.9. The number of nitrogens with zero attached hydrogens (tertiary/aromatic N) is 2. The molecule has 0 unspecified atom stereocenters. The van der Waals surface area contributed by atoms with Crippen LogP contribution in [0.25, 0.3) is 0 Å². The summed E-state index contributed by atoms with van der Waals surface area (Å²) in [5, 5.41) is 7.46. The van der Waals surface area contributed by atoms with E-state index < -0.39 is 0 Å². The average Bonchev–Trinajstić information content (AvgIpc) is 2.64. The SMILES string of the molecule is Cl.Cn1ccc(CNCc2cccc(F)c2)n1. The van der Waals surface area contributed by atoms with Crippen molar-refractivity contribution in [3.63, 3.8) is 0 Å². The third-order valence-electron chi connectivity index (χ3n) is 2.29. The van der Waals surface area contributed by atoms with E-state index in [1.54, 1.807) is 10.7 Å². The predicted molar refractivity (Wildman–Crippen MR) is 67.4 cm³/mol. The Morgan fingerprint density at radius 3 is 2.76 bits per heavy atom. The molecule has 3 nitrogen and oxygen atoms in total. The van der Waals surface area contributed by atoms with Crippen molar-refractivity contribution in [2.24, 2.45) is 7.05 Å². The van der Waals surface area contributed by atoms with Crippen LogP contribution in [0.1, 0.15) is 11.3 Å². The van der Waals surface area contributed by atoms with Gasteiger partial charge in [-0.05, 0) is 23.8 Å². The summed E-state index contributed by atoms with van der Waals surface area (Å²) < 4.78 is 14.6. The van der Waals surface area contributed by atoms with Gasteiger partial charge in [-0.15, -0.1) is 12.4 Å². The lowest BCUT2D eigenvalue weighted by atomic mass is 10.2. The Kier molecular flexibility index (Phi) is 5.12. The first-order valence-corrected chi connectivity index (χ1v) is 5.18. The zero-order valence-corrected chi connectivity index (χ0v) is 10.4. The lowest BCUT2D eigenvalue weighted by molar-refractivity contribution is 0.617. The molecule has 5 heteroatoms. The first-order chi connectivity index (χ1) is 7.74. The van der Waals surface area contributed by atoms with Crippen molar-refractivity contribution in [3.05, 3.63) is 53.6 Å². The van der Waals surface area contributed by atoms with Crippen molar-refractivity contribution in [2.45, 2.75) is 13.1 Å². The maximum absolute atomic E-state index is 12.9. The van der Waals surface area contributed by atoms with E-state index in [1.165, 1.54) is 12.1 Å². The van der Waals surface area contributed by atoms with Crippen LogP contribution in [0.3, 0.4) is 0 Å². The number of aryl methyl sites for hydroxylation is 1. The average molecular weight is 256 g/mol. The van der Waals surface area contributed by atoms with Crippen molar-refractivity contribution in [3.8, 4) is 0 Å². The van der Waals surface area contributed by atoms with Crippen molar-refractivity contribution < 1.29 is 4.39 Å². The molecule has 92 valence electrons. The number of benzene rings is 1. The molecular formula is C12H15ClFN3. The van der Waals surface area contributed by atoms with E-state index in [1.807, 2.05) is 25.4 Å². The lowest BCUT2D eigenvalue weighted by Crippen LogP contribution is -2.13. The fraction of sp³-hybridized carbons (Fsp3) is 0.250. The summed E-state index contributed by atoms with van der Waals surface area (Å²) >= 11 is 0. The van der Waals surface area contributed by atoms with Crippen molar-refractivity contribution in [1.29, 1.82) is 0 Å². The first-order valence-electron chi connectivity index (χ1n) is 5.18. The third-order valence-corrected chi connectivity index (χ3v) is 2.29. The van der Waals surface area contributed by atoms with E-state index in [9.17, 15) is 4.39 Å². The van der Waals surface area contributed by atoms with E-state index in [-0.39, 0.29) is 18.2 Å². The third kappa shape index (κ3) is 4.17. The normalized spacial score (nSPS) is 10.0. The predicted octanol–water partition coefficient (Wildman–Crippen LogP) is 2.27. The highest BCUT2D eigenvalue weighted by atomic mass is 35.5. The van der Waals surface area contributed by atoms with Gasteiger partial charge in [0.1, 0.15) is 5.82 Å². The summed E-state index contributed by atoms with van der Waals surface area (Å²) in [6, 6.07) is 8.55. The van der Waals surface area contributed by atoms with Crippen LogP contribution in [-0.2, 0) is 20.1 Å². The number of hydrogen-bond acceptors (Lipinski definition) is 2. The van der Waals surface area contributed by atoms with Gasteiger partial charge in [0.15, 0.2) is 0 Å². The van der Waals surface area contributed by atoms with Crippen LogP contribution in [0.4, 0.5) is 4.39 Å². The Balaban J connectivity index is 0.00000144. The van der Waals surface area contributed by atoms with Gasteiger partial charge in [0.25, 0.3) is 0 Å². The number of nitrogens with one attached hydrogen (secondary N) is 1. The molecule has 0 amide bonds. The highest BCUT2D eigenvalue weighted by molar-refractivity contribution is 5.85. The van der Waals surface area contributed by atoms with Gasteiger partial charge in [-0.2, -0.15) is 5.10 Å². The first kappa shape index (κ1) is 13.7. The Morgan fingerprint density at radius 2 is 2.12 bits per heavy atom. The van der Waals surface area contributed by atoms with Gasteiger partial charge in [-0.25, -0.2) is 4.39 Å². The Morgan fingerprint density at radius 1 is 1.29 bits per heavy atom. The molecule has 1 aromatic carbocycles. The Bertz CT molecular complexity index is 470. The smallest absolute Gasteiger partial charge is 0.123 e. The highest BCUT2D eigenvalue weighted by Crippen LogP contribution is 2.03. The van der Waals surface area contributed by atoms with Crippen molar-refractivity contribution in [1.82, 2.24) is 15.1 Å². The second-order valence-corrected chi connectivity index (χ2v) is 3.71. The van der Waals surface area contributed by atoms with Crippen LogP contribution in [0.5, 0.6) is 0 Å². The van der Waals surface area contributed by atoms with E-state index in [0.29, 0.717) is 13.1 Å². The summed E-state index contributed by atoms with van der Waals surface area (Å²) in [7, 11) is 1.88. The lowest BCUT2D eigenvalue weighted by Gasteiger charge is -2.02. The molecule has 2 aromatic rings. The van der Waals surface area contributed by atoms with Crippen LogP contribution < -0.4 is 5.32 Å². The molecular weight excluding hydrogens is 241 g/mol. The van der Waals surface area contributed by atoms with Crippen LogP contribution >= 0.6 is 12.4 Å². The van der Waals surface area contributed by atoms with Gasteiger partial charge < -0.3 is 5.32 Å². The molecule has 0 bridgehead atoms. The van der Waals surface area contributed by atoms with Gasteiger partial charge in [-0.3, -0.25) is 4.68 Å². The molecule has 17 heavy (non-hydrogen) atoms. The molecule has 0 aliphatic rings. The molecule has 2 rings (SSSR count). The van der Waals surface area contributed by atoms with Gasteiger partial charge in [0.2, 0.25) is 0 Å². The number of halogens is 2. The Labute approximate surface area is 106 Å². The molecule has 0 aliphatic heterocycles. The van der Waals surface area contributed by atoms with Gasteiger partial charge in [-0.1, -0.05) is 12.1 Å². The van der Waals surface area contributed by atoms with Crippen LogP contribution in [0.15, 0.2) is 36.5 Å². The van der Waals surface area contributed by atoms with E-state index in [4.69, 9.17) is 0 Å². The van der Waals surface area contributed by atoms with Gasteiger partial charge >= 0.3 is 0 Å². The highest BCUT2D eigenvalue weighted by Gasteiger charge is 1.97. The van der Waals surface area contributed by atoms with E-state index in [2.05, 4.69) is 10.4 Å². The zero-order chi connectivity index (χ0) is 11.4. The molecule has 0 saturated carbocycles. The topological polar surface area (TPSA) is 29.9 Å². The van der Waals surface area contributed by atoms with E-state index >= 15 is 0 Å². The minimum Gasteiger partial charge on any atom is -0.307 e. The zero-order valence-electron chi connectivity index (χ0n) is 9.56. The van der Waals surface area contributed by atoms with Crippen LogP contribution in [0.2, 0.25) is 0 Å². The maximum Gasteiger partial charge on any atom is 0.123 e. The van der Waals surface area contributed by atoms with Crippen molar-refractivity contribution >= 4 is 12.4 Å².